The number of carbonyl (C=O) groups excluding carboxylic acids is 2. The van der Waals surface area contributed by atoms with Crippen LogP contribution in [0, 0.1) is 23.7 Å². The van der Waals surface area contributed by atoms with Crippen LogP contribution in [0.2, 0.25) is 0 Å². The van der Waals surface area contributed by atoms with E-state index >= 15 is 0 Å². The second kappa shape index (κ2) is 18.7. The van der Waals surface area contributed by atoms with Gasteiger partial charge < -0.3 is 45.3 Å². The molecule has 290 valence electrons. The zero-order chi connectivity index (χ0) is 38.1. The largest absolute Gasteiger partial charge is 0.465 e. The molecular formula is C33H59N8O9P. The number of anilines is 3. The van der Waals surface area contributed by atoms with Crippen molar-refractivity contribution in [1.29, 1.82) is 0 Å². The van der Waals surface area contributed by atoms with Gasteiger partial charge in [-0.25, -0.2) is 10.2 Å². The van der Waals surface area contributed by atoms with Gasteiger partial charge in [-0.1, -0.05) is 47.5 Å². The van der Waals surface area contributed by atoms with Gasteiger partial charge in [-0.15, -0.1) is 0 Å². The molecule has 9 atom stereocenters. The number of aliphatic imine (C=N–C) groups is 1. The molecule has 1 aromatic heterocycles. The standard InChI is InChI=1S/C33H59N8O9P/c1-9-19(5)24(30(43)48-11-3)39-51(46,40-25(20(6)10-2)31(44)49-12-4)50-18-23(47-8)27(42)33(45)21(7)22(33)17-36-26-28(34)37-32(35)38-29(26)41-15-13-14-16-41/h17,19-25,27,42,45H,9-16,18H2,1-8H3,(H2,39,40,46)(H4,34,35,37,38)/t19-,20-,21?,22?,23?,24?,25?,27?,33-,51?/m0/s1. The minimum absolute atomic E-state index is 0.0275. The zero-order valence-electron chi connectivity index (χ0n) is 31.2. The third kappa shape index (κ3) is 10.2. The van der Waals surface area contributed by atoms with Crippen molar-refractivity contribution < 1.29 is 43.1 Å². The third-order valence-electron chi connectivity index (χ3n) is 10.0. The third-order valence-corrected chi connectivity index (χ3v) is 11.8. The van der Waals surface area contributed by atoms with Crippen LogP contribution in [0.25, 0.3) is 0 Å². The van der Waals surface area contributed by atoms with Gasteiger partial charge in [-0.2, -0.15) is 9.97 Å². The normalized spacial score (nSPS) is 25.1. The van der Waals surface area contributed by atoms with Gasteiger partial charge in [0.25, 0.3) is 0 Å². The van der Waals surface area contributed by atoms with Crippen LogP contribution in [0.3, 0.4) is 0 Å². The first-order valence-electron chi connectivity index (χ1n) is 17.9. The molecular weight excluding hydrogens is 683 g/mol. The van der Waals surface area contributed by atoms with E-state index in [9.17, 15) is 24.4 Å². The summed E-state index contributed by atoms with van der Waals surface area (Å²) in [5.74, 6) is -2.43. The van der Waals surface area contributed by atoms with Crippen LogP contribution in [-0.2, 0) is 32.9 Å². The number of nitrogens with two attached hydrogens (primary N) is 2. The Balaban J connectivity index is 1.88. The van der Waals surface area contributed by atoms with Gasteiger partial charge in [0.05, 0.1) is 19.8 Å². The number of nitrogen functional groups attached to an aromatic ring is 2. The Morgan fingerprint density at radius 1 is 1.04 bits per heavy atom. The Morgan fingerprint density at radius 2 is 1.57 bits per heavy atom. The number of ether oxygens (including phenoxy) is 3. The molecule has 1 saturated heterocycles. The lowest BCUT2D eigenvalue weighted by atomic mass is 10.0. The van der Waals surface area contributed by atoms with E-state index in [4.69, 9.17) is 30.2 Å². The number of carbonyl (C=O) groups is 2. The van der Waals surface area contributed by atoms with Gasteiger partial charge in [0.15, 0.2) is 11.6 Å². The Labute approximate surface area is 301 Å². The second-order valence-corrected chi connectivity index (χ2v) is 15.2. The highest BCUT2D eigenvalue weighted by Crippen LogP contribution is 2.53. The number of hydrogen-bond acceptors (Lipinski definition) is 15. The average Bonchev–Trinajstić information content (AvgIpc) is 3.40. The van der Waals surface area contributed by atoms with Crippen LogP contribution in [0.1, 0.15) is 74.1 Å². The monoisotopic (exact) mass is 742 g/mol. The van der Waals surface area contributed by atoms with Crippen molar-refractivity contribution >= 4 is 49.1 Å². The van der Waals surface area contributed by atoms with Crippen molar-refractivity contribution in [2.24, 2.45) is 28.7 Å². The molecule has 17 nitrogen and oxygen atoms in total. The highest BCUT2D eigenvalue weighted by Gasteiger charge is 2.66. The maximum Gasteiger partial charge on any atom is 0.342 e. The Hall–Kier alpha value is -2.92. The van der Waals surface area contributed by atoms with Crippen LogP contribution < -0.4 is 26.5 Å². The van der Waals surface area contributed by atoms with Crippen molar-refractivity contribution in [2.45, 2.75) is 104 Å². The molecule has 51 heavy (non-hydrogen) atoms. The van der Waals surface area contributed by atoms with Crippen LogP contribution in [0.15, 0.2) is 4.99 Å². The zero-order valence-corrected chi connectivity index (χ0v) is 32.1. The number of aromatic nitrogens is 2. The van der Waals surface area contributed by atoms with Crippen molar-refractivity contribution in [3.05, 3.63) is 0 Å². The van der Waals surface area contributed by atoms with Crippen LogP contribution in [-0.4, -0.2) is 108 Å². The molecule has 0 radical (unpaired) electrons. The number of methoxy groups -OCH3 is 1. The first-order chi connectivity index (χ1) is 24.1. The maximum absolute atomic E-state index is 14.7. The molecule has 1 saturated carbocycles. The molecule has 8 N–H and O–H groups in total. The highest BCUT2D eigenvalue weighted by molar-refractivity contribution is 7.54. The highest BCUT2D eigenvalue weighted by atomic mass is 31.2. The summed E-state index contributed by atoms with van der Waals surface area (Å²) in [6, 6.07) is -2.13. The van der Waals surface area contributed by atoms with Gasteiger partial charge in [-0.05, 0) is 44.4 Å². The van der Waals surface area contributed by atoms with Crippen LogP contribution in [0.5, 0.6) is 0 Å². The molecule has 18 heteroatoms. The van der Waals surface area contributed by atoms with Gasteiger partial charge in [0.2, 0.25) is 5.95 Å². The number of aliphatic hydroxyl groups excluding tert-OH is 1. The Morgan fingerprint density at radius 3 is 2.04 bits per heavy atom. The summed E-state index contributed by atoms with van der Waals surface area (Å²) < 4.78 is 36.7. The summed E-state index contributed by atoms with van der Waals surface area (Å²) in [5, 5.41) is 28.9. The summed E-state index contributed by atoms with van der Waals surface area (Å²) in [7, 11) is -2.99. The van der Waals surface area contributed by atoms with Crippen molar-refractivity contribution in [3.8, 4) is 0 Å². The first kappa shape index (κ1) is 42.5. The molecule has 2 aliphatic rings. The predicted octanol–water partition coefficient (Wildman–Crippen LogP) is 2.58. The molecule has 0 bridgehead atoms. The lowest BCUT2D eigenvalue weighted by molar-refractivity contribution is -0.147. The minimum atomic E-state index is -4.31. The number of rotatable bonds is 21. The summed E-state index contributed by atoms with van der Waals surface area (Å²) >= 11 is 0. The predicted molar refractivity (Wildman–Crippen MR) is 194 cm³/mol. The van der Waals surface area contributed by atoms with E-state index in [0.717, 1.165) is 25.9 Å². The molecule has 1 aromatic rings. The van der Waals surface area contributed by atoms with Crippen molar-refractivity contribution in [3.63, 3.8) is 0 Å². The fraction of sp³-hybridized carbons (Fsp3) is 0.788. The van der Waals surface area contributed by atoms with E-state index in [0.29, 0.717) is 24.3 Å². The number of nitrogens with zero attached hydrogens (tertiary/aromatic N) is 4. The van der Waals surface area contributed by atoms with Gasteiger partial charge in [0.1, 0.15) is 35.6 Å². The molecule has 0 spiro atoms. The van der Waals surface area contributed by atoms with Crippen LogP contribution in [0.4, 0.5) is 23.3 Å². The van der Waals surface area contributed by atoms with E-state index in [-0.39, 0.29) is 36.8 Å². The van der Waals surface area contributed by atoms with E-state index in [1.807, 2.05) is 18.7 Å². The van der Waals surface area contributed by atoms with Gasteiger partial charge in [0, 0.05) is 32.3 Å². The summed E-state index contributed by atoms with van der Waals surface area (Å²) in [5.41, 5.74) is 10.7. The van der Waals surface area contributed by atoms with E-state index in [1.165, 1.54) is 13.3 Å². The molecule has 0 aromatic carbocycles. The fourth-order valence-corrected chi connectivity index (χ4v) is 8.26. The van der Waals surface area contributed by atoms with Crippen molar-refractivity contribution in [2.75, 3.05) is 56.4 Å². The molecule has 1 aliphatic heterocycles. The smallest absolute Gasteiger partial charge is 0.342 e. The Kier molecular flexibility index (Phi) is 15.6. The van der Waals surface area contributed by atoms with Crippen molar-refractivity contribution in [1.82, 2.24) is 20.1 Å². The molecule has 0 amide bonds. The molecule has 2 heterocycles. The first-order valence-corrected chi connectivity index (χ1v) is 19.5. The van der Waals surface area contributed by atoms with Gasteiger partial charge >= 0.3 is 19.6 Å². The molecule has 6 unspecified atom stereocenters. The maximum atomic E-state index is 14.7. The fourth-order valence-electron chi connectivity index (χ4n) is 6.23. The lowest BCUT2D eigenvalue weighted by Crippen LogP contribution is -2.50. The number of hydrogen-bond donors (Lipinski definition) is 6. The number of esters is 2. The van der Waals surface area contributed by atoms with E-state index in [1.54, 1.807) is 34.6 Å². The van der Waals surface area contributed by atoms with Crippen LogP contribution >= 0.6 is 7.67 Å². The second-order valence-electron chi connectivity index (χ2n) is 13.4. The number of nitrogens with one attached hydrogen (secondary N) is 2. The molecule has 1 aliphatic carbocycles. The van der Waals surface area contributed by atoms with E-state index in [2.05, 4.69) is 25.1 Å². The SMILES string of the molecule is CCOC(=O)C(NP(=O)(NC(C(=O)OCC)[C@@H](C)CC)OCC(OC)C(O)[C@]1(O)C(C)C1C=Nc1c(N)nc(N)nc1N1CCCC1)[C@@H](C)CC. The summed E-state index contributed by atoms with van der Waals surface area (Å²) in [6.45, 7) is 13.6. The quantitative estimate of drug-likeness (QED) is 0.0602. The lowest BCUT2D eigenvalue weighted by Gasteiger charge is -2.33. The molecule has 3 rings (SSSR count). The Bertz CT molecular complexity index is 1360. The average molecular weight is 743 g/mol. The van der Waals surface area contributed by atoms with E-state index < -0.39 is 67.9 Å². The number of aliphatic hydroxyl groups is 2. The summed E-state index contributed by atoms with van der Waals surface area (Å²) in [6.07, 6.45) is 1.80. The molecule has 2 fully saturated rings. The minimum Gasteiger partial charge on any atom is -0.465 e. The topological polar surface area (TPSA) is 246 Å². The van der Waals surface area contributed by atoms with Gasteiger partial charge in [-0.3, -0.25) is 19.1 Å². The summed E-state index contributed by atoms with van der Waals surface area (Å²) in [4.78, 5) is 41.1.